The van der Waals surface area contributed by atoms with E-state index in [-0.39, 0.29) is 11.7 Å². The van der Waals surface area contributed by atoms with Crippen molar-refractivity contribution in [2.24, 2.45) is 5.92 Å². The normalized spacial score (nSPS) is 18.8. The quantitative estimate of drug-likeness (QED) is 0.383. The smallest absolute Gasteiger partial charge is 0.475 e. The van der Waals surface area contributed by atoms with E-state index in [1.54, 1.807) is 11.2 Å². The van der Waals surface area contributed by atoms with Crippen LogP contribution in [-0.2, 0) is 11.3 Å². The van der Waals surface area contributed by atoms with Crippen LogP contribution in [0.3, 0.4) is 0 Å². The number of likely N-dealkylation sites (tertiary alicyclic amines) is 1. The number of anilines is 1. The standard InChI is InChI=1S/C29H39BrN8O.C2HF3O2/c1-35-12-10-25(11-13-35)37-16-14-36(15-17-37)20-23-6-8-24(9-7-23)29(39)34-38(21-22-4-2-3-5-22)28-26(30)19-32-27(18-31)33-28;3-2(4,5)1(6)7/h6-9,19,22,25H,2-5,10-17,20-21H2,1H3,(H,34,39);(H,6,7). The van der Waals surface area contributed by atoms with E-state index < -0.39 is 12.1 Å². The molecule has 0 atom stereocenters. The third-order valence-corrected chi connectivity index (χ3v) is 9.27. The minimum Gasteiger partial charge on any atom is -0.475 e. The van der Waals surface area contributed by atoms with Crippen molar-refractivity contribution in [2.75, 3.05) is 57.9 Å². The van der Waals surface area contributed by atoms with Gasteiger partial charge in [0.2, 0.25) is 5.82 Å². The Bertz CT molecular complexity index is 1350. The maximum absolute atomic E-state index is 13.3. The number of carbonyl (C=O) groups excluding carboxylic acids is 1. The molecule has 3 fully saturated rings. The van der Waals surface area contributed by atoms with Gasteiger partial charge in [-0.15, -0.1) is 0 Å². The number of alkyl halides is 3. The summed E-state index contributed by atoms with van der Waals surface area (Å²) in [7, 11) is 2.22. The third kappa shape index (κ3) is 10.3. The monoisotopic (exact) mass is 708 g/mol. The van der Waals surface area contributed by atoms with Gasteiger partial charge in [-0.05, 0) is 85.4 Å². The molecule has 0 spiro atoms. The number of piperidine rings is 1. The number of hydrazine groups is 1. The second-order valence-corrected chi connectivity index (χ2v) is 12.9. The largest absolute Gasteiger partial charge is 0.490 e. The molecule has 2 N–H and O–H groups in total. The third-order valence-electron chi connectivity index (χ3n) is 8.71. The Hall–Kier alpha value is -3.32. The van der Waals surface area contributed by atoms with Gasteiger partial charge in [0.25, 0.3) is 5.91 Å². The van der Waals surface area contributed by atoms with Gasteiger partial charge < -0.3 is 10.0 Å². The molecule has 1 saturated carbocycles. The van der Waals surface area contributed by atoms with Gasteiger partial charge in [0, 0.05) is 57.1 Å². The Kier molecular flexibility index (Phi) is 12.7. The number of nitrogens with one attached hydrogen (secondary N) is 1. The number of aliphatic carboxylic acids is 1. The van der Waals surface area contributed by atoms with Gasteiger partial charge in [-0.1, -0.05) is 25.0 Å². The first-order chi connectivity index (χ1) is 21.9. The van der Waals surface area contributed by atoms with E-state index in [0.29, 0.717) is 28.3 Å². The minimum absolute atomic E-state index is 0.0791. The highest BCUT2D eigenvalue weighted by Gasteiger charge is 2.38. The van der Waals surface area contributed by atoms with Crippen molar-refractivity contribution in [2.45, 2.75) is 57.3 Å². The van der Waals surface area contributed by atoms with E-state index in [1.807, 2.05) is 18.2 Å². The predicted octanol–water partition coefficient (Wildman–Crippen LogP) is 4.30. The van der Waals surface area contributed by atoms with Gasteiger partial charge >= 0.3 is 12.1 Å². The van der Waals surface area contributed by atoms with Crippen LogP contribution in [0.2, 0.25) is 0 Å². The lowest BCUT2D eigenvalue weighted by Gasteiger charge is -2.42. The van der Waals surface area contributed by atoms with E-state index in [2.05, 4.69) is 65.2 Å². The van der Waals surface area contributed by atoms with Gasteiger partial charge in [-0.25, -0.2) is 9.78 Å². The molecule has 2 saturated heterocycles. The Morgan fingerprint density at radius 1 is 1.07 bits per heavy atom. The molecule has 3 aliphatic rings. The Morgan fingerprint density at radius 2 is 1.67 bits per heavy atom. The number of amides is 1. The van der Waals surface area contributed by atoms with Crippen LogP contribution in [0.15, 0.2) is 34.9 Å². The molecule has 1 aromatic heterocycles. The van der Waals surface area contributed by atoms with Crippen LogP contribution in [0.25, 0.3) is 0 Å². The number of hydrogen-bond acceptors (Lipinski definition) is 9. The van der Waals surface area contributed by atoms with Gasteiger partial charge in [-0.2, -0.15) is 23.4 Å². The first kappa shape index (κ1) is 35.5. The summed E-state index contributed by atoms with van der Waals surface area (Å²) in [6, 6.07) is 10.7. The van der Waals surface area contributed by atoms with Crippen LogP contribution in [0.4, 0.5) is 19.0 Å². The van der Waals surface area contributed by atoms with Crippen molar-refractivity contribution < 1.29 is 27.9 Å². The molecule has 2 aromatic rings. The molecule has 1 aromatic carbocycles. The van der Waals surface area contributed by atoms with E-state index in [9.17, 15) is 23.2 Å². The van der Waals surface area contributed by atoms with Crippen LogP contribution in [-0.4, -0.2) is 107 Å². The molecule has 3 heterocycles. The number of carboxylic acids is 1. The lowest BCUT2D eigenvalue weighted by molar-refractivity contribution is -0.192. The average Bonchev–Trinajstić information content (AvgIpc) is 3.55. The first-order valence-electron chi connectivity index (χ1n) is 15.5. The van der Waals surface area contributed by atoms with Gasteiger partial charge in [0.1, 0.15) is 6.07 Å². The van der Waals surface area contributed by atoms with Crippen LogP contribution in [0, 0.1) is 17.2 Å². The molecule has 0 radical (unpaired) electrons. The van der Waals surface area contributed by atoms with Crippen molar-refractivity contribution in [1.29, 1.82) is 5.26 Å². The Balaban J connectivity index is 0.000000617. The average molecular weight is 710 g/mol. The second kappa shape index (κ2) is 16.5. The van der Waals surface area contributed by atoms with E-state index in [0.717, 1.165) is 51.6 Å². The molecule has 250 valence electrons. The number of rotatable bonds is 8. The molecule has 5 rings (SSSR count). The van der Waals surface area contributed by atoms with Gasteiger partial charge in [0.05, 0.1) is 4.47 Å². The molecule has 1 amide bonds. The Labute approximate surface area is 275 Å². The van der Waals surface area contributed by atoms with Crippen LogP contribution < -0.4 is 10.4 Å². The van der Waals surface area contributed by atoms with Crippen LogP contribution >= 0.6 is 15.9 Å². The summed E-state index contributed by atoms with van der Waals surface area (Å²) in [5.74, 6) is -1.88. The second-order valence-electron chi connectivity index (χ2n) is 12.0. The molecular weight excluding hydrogens is 669 g/mol. The fraction of sp³-hybridized carbons (Fsp3) is 0.581. The fourth-order valence-electron chi connectivity index (χ4n) is 6.09. The van der Waals surface area contributed by atoms with Crippen molar-refractivity contribution >= 4 is 33.6 Å². The number of piperazine rings is 1. The van der Waals surface area contributed by atoms with Crippen molar-refractivity contribution in [3.8, 4) is 6.07 Å². The molecule has 46 heavy (non-hydrogen) atoms. The minimum atomic E-state index is -5.08. The molecule has 15 heteroatoms. The number of nitriles is 1. The van der Waals surface area contributed by atoms with Crippen molar-refractivity contribution in [1.82, 2.24) is 30.1 Å². The summed E-state index contributed by atoms with van der Waals surface area (Å²) in [5.41, 5.74) is 4.88. The number of aromatic nitrogens is 2. The van der Waals surface area contributed by atoms with Crippen LogP contribution in [0.5, 0.6) is 0 Å². The van der Waals surface area contributed by atoms with Gasteiger partial charge in [0.15, 0.2) is 5.82 Å². The van der Waals surface area contributed by atoms with E-state index >= 15 is 0 Å². The number of benzene rings is 1. The summed E-state index contributed by atoms with van der Waals surface area (Å²) in [5, 5.41) is 18.2. The van der Waals surface area contributed by atoms with Crippen molar-refractivity contribution in [3.63, 3.8) is 0 Å². The molecule has 0 bridgehead atoms. The summed E-state index contributed by atoms with van der Waals surface area (Å²) < 4.78 is 32.4. The number of hydrogen-bond donors (Lipinski definition) is 2. The SMILES string of the molecule is CN1CCC(N2CCN(Cc3ccc(C(=O)NN(CC4CCCC4)c4nc(C#N)ncc4Br)cc3)CC2)CC1.O=C(O)C(F)(F)F. The highest BCUT2D eigenvalue weighted by Crippen LogP contribution is 2.29. The summed E-state index contributed by atoms with van der Waals surface area (Å²) in [4.78, 5) is 38.2. The summed E-state index contributed by atoms with van der Waals surface area (Å²) in [6.45, 7) is 8.42. The maximum atomic E-state index is 13.3. The molecule has 0 unspecified atom stereocenters. The summed E-state index contributed by atoms with van der Waals surface area (Å²) >= 11 is 3.50. The summed E-state index contributed by atoms with van der Waals surface area (Å²) in [6.07, 6.45) is 3.71. The lowest BCUT2D eigenvalue weighted by Crippen LogP contribution is -2.52. The van der Waals surface area contributed by atoms with Crippen LogP contribution in [0.1, 0.15) is 60.3 Å². The fourth-order valence-corrected chi connectivity index (χ4v) is 6.50. The number of nitrogens with zero attached hydrogens (tertiary/aromatic N) is 7. The number of carbonyl (C=O) groups is 2. The maximum Gasteiger partial charge on any atom is 0.490 e. The zero-order valence-corrected chi connectivity index (χ0v) is 27.4. The zero-order chi connectivity index (χ0) is 33.3. The molecule has 2 aliphatic heterocycles. The first-order valence-corrected chi connectivity index (χ1v) is 16.3. The molecular formula is C31H40BrF3N8O3. The van der Waals surface area contributed by atoms with E-state index in [1.165, 1.54) is 44.3 Å². The molecule has 11 nitrogen and oxygen atoms in total. The van der Waals surface area contributed by atoms with Crippen molar-refractivity contribution in [3.05, 3.63) is 51.9 Å². The number of halogens is 4. The number of carboxylic acid groups (broad SMARTS) is 1. The van der Waals surface area contributed by atoms with E-state index in [4.69, 9.17) is 9.90 Å². The topological polar surface area (TPSA) is 129 Å². The predicted molar refractivity (Wildman–Crippen MR) is 169 cm³/mol. The van der Waals surface area contributed by atoms with Gasteiger partial charge in [-0.3, -0.25) is 25.0 Å². The highest BCUT2D eigenvalue weighted by molar-refractivity contribution is 9.10. The highest BCUT2D eigenvalue weighted by atomic mass is 79.9. The molecule has 1 aliphatic carbocycles. The lowest BCUT2D eigenvalue weighted by atomic mass is 10.0. The Morgan fingerprint density at radius 3 is 2.24 bits per heavy atom. The zero-order valence-electron chi connectivity index (χ0n) is 25.8.